The molecule has 4 nitrogen and oxygen atoms in total. The van der Waals surface area contributed by atoms with Gasteiger partial charge in [-0.3, -0.25) is 9.59 Å². The van der Waals surface area contributed by atoms with Gasteiger partial charge in [0, 0.05) is 16.6 Å². The molecule has 0 bridgehead atoms. The van der Waals surface area contributed by atoms with Gasteiger partial charge in [0.2, 0.25) is 11.8 Å². The standard InChI is InChI=1S/C12H13BrN2O2/c1-7-6-8(13)2-3-9(7)15-12(17)10-4-5-11(16)14-10/h2-3,6,10H,4-5H2,1H3,(H,14,16)(H,15,17)/t10-/m0/s1. The van der Waals surface area contributed by atoms with Crippen LogP contribution >= 0.6 is 15.9 Å². The van der Waals surface area contributed by atoms with Crippen LogP contribution in [0.15, 0.2) is 22.7 Å². The molecule has 1 aliphatic heterocycles. The van der Waals surface area contributed by atoms with E-state index in [0.29, 0.717) is 12.8 Å². The van der Waals surface area contributed by atoms with Crippen molar-refractivity contribution in [3.63, 3.8) is 0 Å². The molecule has 1 fully saturated rings. The number of aryl methyl sites for hydroxylation is 1. The minimum atomic E-state index is -0.398. The Labute approximate surface area is 108 Å². The summed E-state index contributed by atoms with van der Waals surface area (Å²) in [4.78, 5) is 22.9. The van der Waals surface area contributed by atoms with Gasteiger partial charge in [0.05, 0.1) is 0 Å². The van der Waals surface area contributed by atoms with Crippen LogP contribution in [0.2, 0.25) is 0 Å². The van der Waals surface area contributed by atoms with Gasteiger partial charge < -0.3 is 10.6 Å². The normalized spacial score (nSPS) is 18.9. The highest BCUT2D eigenvalue weighted by molar-refractivity contribution is 9.10. The van der Waals surface area contributed by atoms with Crippen molar-refractivity contribution in [2.45, 2.75) is 25.8 Å². The number of carbonyl (C=O) groups is 2. The fourth-order valence-electron chi connectivity index (χ4n) is 1.80. The number of anilines is 1. The number of benzene rings is 1. The van der Waals surface area contributed by atoms with Crippen LogP contribution in [0.4, 0.5) is 5.69 Å². The number of nitrogens with one attached hydrogen (secondary N) is 2. The molecule has 17 heavy (non-hydrogen) atoms. The van der Waals surface area contributed by atoms with Crippen LogP contribution in [0.3, 0.4) is 0 Å². The third-order valence-electron chi connectivity index (χ3n) is 2.76. The van der Waals surface area contributed by atoms with E-state index in [1.807, 2.05) is 25.1 Å². The summed E-state index contributed by atoms with van der Waals surface area (Å²) in [6.07, 6.45) is 0.998. The molecule has 0 unspecified atom stereocenters. The fourth-order valence-corrected chi connectivity index (χ4v) is 2.27. The van der Waals surface area contributed by atoms with Gasteiger partial charge in [0.1, 0.15) is 6.04 Å². The molecule has 1 aromatic rings. The smallest absolute Gasteiger partial charge is 0.246 e. The molecule has 1 saturated heterocycles. The van der Waals surface area contributed by atoms with E-state index in [4.69, 9.17) is 0 Å². The second-order valence-electron chi connectivity index (χ2n) is 4.11. The van der Waals surface area contributed by atoms with Crippen molar-refractivity contribution < 1.29 is 9.59 Å². The number of amides is 2. The average molecular weight is 297 g/mol. The van der Waals surface area contributed by atoms with Gasteiger partial charge >= 0.3 is 0 Å². The maximum Gasteiger partial charge on any atom is 0.246 e. The topological polar surface area (TPSA) is 58.2 Å². The molecular formula is C12H13BrN2O2. The van der Waals surface area contributed by atoms with E-state index in [0.717, 1.165) is 15.7 Å². The highest BCUT2D eigenvalue weighted by Crippen LogP contribution is 2.20. The molecule has 90 valence electrons. The van der Waals surface area contributed by atoms with Crippen LogP contribution in [0.25, 0.3) is 0 Å². The van der Waals surface area contributed by atoms with Gasteiger partial charge in [-0.05, 0) is 37.1 Å². The Bertz CT molecular complexity index is 474. The van der Waals surface area contributed by atoms with Gasteiger partial charge in [-0.1, -0.05) is 15.9 Å². The summed E-state index contributed by atoms with van der Waals surface area (Å²) >= 11 is 3.37. The van der Waals surface area contributed by atoms with Crippen LogP contribution in [0.1, 0.15) is 18.4 Å². The van der Waals surface area contributed by atoms with Crippen molar-refractivity contribution in [2.75, 3.05) is 5.32 Å². The predicted molar refractivity (Wildman–Crippen MR) is 68.7 cm³/mol. The first-order valence-corrected chi connectivity index (χ1v) is 6.22. The van der Waals surface area contributed by atoms with Crippen LogP contribution in [-0.2, 0) is 9.59 Å². The van der Waals surface area contributed by atoms with Crippen LogP contribution in [0, 0.1) is 6.92 Å². The lowest BCUT2D eigenvalue weighted by atomic mass is 10.1. The summed E-state index contributed by atoms with van der Waals surface area (Å²) in [5, 5.41) is 5.47. The molecule has 0 aliphatic carbocycles. The molecule has 0 spiro atoms. The number of carbonyl (C=O) groups excluding carboxylic acids is 2. The first-order valence-electron chi connectivity index (χ1n) is 5.42. The van der Waals surface area contributed by atoms with Gasteiger partial charge in [-0.25, -0.2) is 0 Å². The zero-order chi connectivity index (χ0) is 12.4. The summed E-state index contributed by atoms with van der Waals surface area (Å²) in [6.45, 7) is 1.92. The summed E-state index contributed by atoms with van der Waals surface area (Å²) in [6, 6.07) is 5.25. The Morgan fingerprint density at radius 1 is 1.53 bits per heavy atom. The lowest BCUT2D eigenvalue weighted by molar-refractivity contribution is -0.122. The summed E-state index contributed by atoms with van der Waals surface area (Å²) < 4.78 is 0.974. The zero-order valence-electron chi connectivity index (χ0n) is 9.42. The maximum absolute atomic E-state index is 11.9. The third kappa shape index (κ3) is 2.85. The molecular weight excluding hydrogens is 284 g/mol. The van der Waals surface area contributed by atoms with E-state index >= 15 is 0 Å². The SMILES string of the molecule is Cc1cc(Br)ccc1NC(=O)[C@@H]1CCC(=O)N1. The van der Waals surface area contributed by atoms with Crippen molar-refractivity contribution in [3.8, 4) is 0 Å². The van der Waals surface area contributed by atoms with Crippen molar-refractivity contribution in [1.82, 2.24) is 5.32 Å². The van der Waals surface area contributed by atoms with Crippen LogP contribution in [-0.4, -0.2) is 17.9 Å². The maximum atomic E-state index is 11.9. The minimum Gasteiger partial charge on any atom is -0.344 e. The first-order chi connectivity index (χ1) is 8.06. The molecule has 1 aromatic carbocycles. The molecule has 0 saturated carbocycles. The molecule has 2 rings (SSSR count). The number of hydrogen-bond donors (Lipinski definition) is 2. The Morgan fingerprint density at radius 2 is 2.29 bits per heavy atom. The lowest BCUT2D eigenvalue weighted by Gasteiger charge is -2.12. The van der Waals surface area contributed by atoms with Crippen molar-refractivity contribution in [3.05, 3.63) is 28.2 Å². The predicted octanol–water partition coefficient (Wildman–Crippen LogP) is 1.97. The molecule has 0 radical (unpaired) electrons. The van der Waals surface area contributed by atoms with Gasteiger partial charge in [0.25, 0.3) is 0 Å². The molecule has 5 heteroatoms. The molecule has 1 heterocycles. The van der Waals surface area contributed by atoms with E-state index in [1.54, 1.807) is 0 Å². The molecule has 2 amide bonds. The molecule has 1 aliphatic rings. The number of rotatable bonds is 2. The van der Waals surface area contributed by atoms with Gasteiger partial charge in [-0.2, -0.15) is 0 Å². The largest absolute Gasteiger partial charge is 0.344 e. The Morgan fingerprint density at radius 3 is 2.88 bits per heavy atom. The minimum absolute atomic E-state index is 0.0577. The Hall–Kier alpha value is -1.36. The van der Waals surface area contributed by atoms with E-state index in [9.17, 15) is 9.59 Å². The molecule has 2 N–H and O–H groups in total. The number of hydrogen-bond acceptors (Lipinski definition) is 2. The molecule has 1 atom stereocenters. The second-order valence-corrected chi connectivity index (χ2v) is 5.02. The van der Waals surface area contributed by atoms with Gasteiger partial charge in [0.15, 0.2) is 0 Å². The van der Waals surface area contributed by atoms with E-state index in [-0.39, 0.29) is 11.8 Å². The number of halogens is 1. The van der Waals surface area contributed by atoms with E-state index in [2.05, 4.69) is 26.6 Å². The summed E-state index contributed by atoms with van der Waals surface area (Å²) in [5.41, 5.74) is 1.76. The highest BCUT2D eigenvalue weighted by atomic mass is 79.9. The lowest BCUT2D eigenvalue weighted by Crippen LogP contribution is -2.37. The third-order valence-corrected chi connectivity index (χ3v) is 3.25. The van der Waals surface area contributed by atoms with Crippen LogP contribution < -0.4 is 10.6 Å². The fraction of sp³-hybridized carbons (Fsp3) is 0.333. The average Bonchev–Trinajstić information content (AvgIpc) is 2.69. The monoisotopic (exact) mass is 296 g/mol. The van der Waals surface area contributed by atoms with E-state index in [1.165, 1.54) is 0 Å². The quantitative estimate of drug-likeness (QED) is 0.877. The Kier molecular flexibility index (Phi) is 3.47. The summed E-state index contributed by atoms with van der Waals surface area (Å²) in [5.74, 6) is -0.209. The van der Waals surface area contributed by atoms with Gasteiger partial charge in [-0.15, -0.1) is 0 Å². The second kappa shape index (κ2) is 4.87. The van der Waals surface area contributed by atoms with Crippen LogP contribution in [0.5, 0.6) is 0 Å². The molecule has 0 aromatic heterocycles. The van der Waals surface area contributed by atoms with E-state index < -0.39 is 6.04 Å². The zero-order valence-corrected chi connectivity index (χ0v) is 11.0. The summed E-state index contributed by atoms with van der Waals surface area (Å²) in [7, 11) is 0. The van der Waals surface area contributed by atoms with Crippen molar-refractivity contribution >= 4 is 33.4 Å². The first kappa shape index (κ1) is 12.1. The Balaban J connectivity index is 2.05. The van der Waals surface area contributed by atoms with Crippen molar-refractivity contribution in [1.29, 1.82) is 0 Å². The highest BCUT2D eigenvalue weighted by Gasteiger charge is 2.27. The van der Waals surface area contributed by atoms with Crippen molar-refractivity contribution in [2.24, 2.45) is 0 Å².